The van der Waals surface area contributed by atoms with Crippen molar-refractivity contribution in [3.05, 3.63) is 66.7 Å². The van der Waals surface area contributed by atoms with E-state index in [-0.39, 0.29) is 10.8 Å². The average molecular weight is 316 g/mol. The summed E-state index contributed by atoms with van der Waals surface area (Å²) >= 11 is 0. The molecule has 0 saturated carbocycles. The average Bonchev–Trinajstić information content (AvgIpc) is 2.48. The van der Waals surface area contributed by atoms with E-state index in [2.05, 4.69) is 16.6 Å². The number of amides is 1. The van der Waals surface area contributed by atoms with Gasteiger partial charge in [-0.3, -0.25) is 9.52 Å². The second-order valence-electron chi connectivity index (χ2n) is 4.73. The predicted octanol–water partition coefficient (Wildman–Crippen LogP) is 3.00. The fraction of sp³-hybridized carbons (Fsp3) is 0.0625. The van der Waals surface area contributed by atoms with Crippen LogP contribution in [0.15, 0.2) is 71.6 Å². The molecule has 0 radical (unpaired) electrons. The maximum Gasteiger partial charge on any atom is 0.261 e. The molecule has 2 rings (SSSR count). The Balaban J connectivity index is 2.15. The van der Waals surface area contributed by atoms with Crippen LogP contribution in [-0.2, 0) is 14.8 Å². The molecule has 0 spiro atoms. The molecule has 2 aromatic carbocycles. The molecule has 0 fully saturated rings. The number of hydrogen-bond acceptors (Lipinski definition) is 3. The summed E-state index contributed by atoms with van der Waals surface area (Å²) in [7, 11) is -3.66. The Morgan fingerprint density at radius 3 is 2.09 bits per heavy atom. The molecular weight excluding hydrogens is 300 g/mol. The highest BCUT2D eigenvalue weighted by Gasteiger charge is 2.14. The number of sulfonamides is 1. The zero-order chi connectivity index (χ0) is 16.2. The van der Waals surface area contributed by atoms with Gasteiger partial charge in [-0.25, -0.2) is 8.42 Å². The van der Waals surface area contributed by atoms with E-state index in [4.69, 9.17) is 0 Å². The van der Waals surface area contributed by atoms with Crippen molar-refractivity contribution in [3.8, 4) is 0 Å². The molecule has 5 nitrogen and oxygen atoms in total. The first kappa shape index (κ1) is 15.8. The number of nitrogens with one attached hydrogen (secondary N) is 2. The smallest absolute Gasteiger partial charge is 0.261 e. The number of benzene rings is 2. The van der Waals surface area contributed by atoms with Crippen molar-refractivity contribution in [2.45, 2.75) is 11.8 Å². The number of hydrogen-bond donors (Lipinski definition) is 2. The summed E-state index contributed by atoms with van der Waals surface area (Å²) in [6, 6.07) is 14.5. The Hall–Kier alpha value is -2.60. The summed E-state index contributed by atoms with van der Waals surface area (Å²) < 4.78 is 26.9. The minimum atomic E-state index is -3.66. The lowest BCUT2D eigenvalue weighted by Gasteiger charge is -2.09. The highest BCUT2D eigenvalue weighted by atomic mass is 32.2. The lowest BCUT2D eigenvalue weighted by Crippen LogP contribution is -2.14. The van der Waals surface area contributed by atoms with Gasteiger partial charge in [0.1, 0.15) is 0 Å². The Bertz CT molecular complexity index is 782. The van der Waals surface area contributed by atoms with Crippen LogP contribution in [0.4, 0.5) is 11.4 Å². The highest BCUT2D eigenvalue weighted by Crippen LogP contribution is 2.18. The fourth-order valence-electron chi connectivity index (χ4n) is 1.68. The summed E-state index contributed by atoms with van der Waals surface area (Å²) in [4.78, 5) is 11.6. The molecular formula is C16H16N2O3S. The number of carbonyl (C=O) groups excluding carboxylic acids is 1. The van der Waals surface area contributed by atoms with Crippen molar-refractivity contribution in [2.75, 3.05) is 10.0 Å². The van der Waals surface area contributed by atoms with Crippen LogP contribution < -0.4 is 10.0 Å². The van der Waals surface area contributed by atoms with Gasteiger partial charge in [0.15, 0.2) is 0 Å². The third-order valence-electron chi connectivity index (χ3n) is 2.84. The minimum Gasteiger partial charge on any atom is -0.322 e. The van der Waals surface area contributed by atoms with E-state index in [1.54, 1.807) is 37.3 Å². The second kappa shape index (κ2) is 6.44. The summed E-state index contributed by atoms with van der Waals surface area (Å²) in [6.07, 6.45) is 0. The van der Waals surface area contributed by atoms with Gasteiger partial charge in [0, 0.05) is 16.9 Å². The van der Waals surface area contributed by atoms with E-state index in [1.165, 1.54) is 24.3 Å². The van der Waals surface area contributed by atoms with E-state index >= 15 is 0 Å². The molecule has 2 aromatic rings. The van der Waals surface area contributed by atoms with Gasteiger partial charge in [0.25, 0.3) is 15.9 Å². The SMILES string of the molecule is C=C(C)C(=O)Nc1ccc(S(=O)(=O)Nc2ccccc2)cc1. The first-order chi connectivity index (χ1) is 10.4. The van der Waals surface area contributed by atoms with Crippen LogP contribution in [0.25, 0.3) is 0 Å². The van der Waals surface area contributed by atoms with Crippen molar-refractivity contribution in [2.24, 2.45) is 0 Å². The summed E-state index contributed by atoms with van der Waals surface area (Å²) in [5.74, 6) is -0.307. The lowest BCUT2D eigenvalue weighted by molar-refractivity contribution is -0.112. The molecule has 0 aliphatic carbocycles. The molecule has 114 valence electrons. The summed E-state index contributed by atoms with van der Waals surface area (Å²) in [5, 5.41) is 2.62. The van der Waals surface area contributed by atoms with E-state index in [9.17, 15) is 13.2 Å². The van der Waals surface area contributed by atoms with Gasteiger partial charge in [0.2, 0.25) is 0 Å². The monoisotopic (exact) mass is 316 g/mol. The highest BCUT2D eigenvalue weighted by molar-refractivity contribution is 7.92. The largest absolute Gasteiger partial charge is 0.322 e. The van der Waals surface area contributed by atoms with Crippen LogP contribution in [0.2, 0.25) is 0 Å². The number of carbonyl (C=O) groups is 1. The Morgan fingerprint density at radius 2 is 1.55 bits per heavy atom. The van der Waals surface area contributed by atoms with Crippen LogP contribution in [0.5, 0.6) is 0 Å². The summed E-state index contributed by atoms with van der Waals surface area (Å²) in [5.41, 5.74) is 1.37. The Kier molecular flexibility index (Phi) is 4.62. The van der Waals surface area contributed by atoms with Gasteiger partial charge in [0.05, 0.1) is 4.90 Å². The lowest BCUT2D eigenvalue weighted by atomic mass is 10.3. The zero-order valence-corrected chi connectivity index (χ0v) is 12.9. The van der Waals surface area contributed by atoms with Gasteiger partial charge in [-0.15, -0.1) is 0 Å². The van der Waals surface area contributed by atoms with E-state index in [0.29, 0.717) is 16.9 Å². The Labute approximate surface area is 129 Å². The zero-order valence-electron chi connectivity index (χ0n) is 12.0. The maximum atomic E-state index is 12.2. The molecule has 0 aliphatic heterocycles. The molecule has 1 amide bonds. The molecule has 6 heteroatoms. The van der Waals surface area contributed by atoms with E-state index < -0.39 is 10.0 Å². The predicted molar refractivity (Wildman–Crippen MR) is 87.1 cm³/mol. The molecule has 0 aliphatic rings. The molecule has 22 heavy (non-hydrogen) atoms. The minimum absolute atomic E-state index is 0.115. The Morgan fingerprint density at radius 1 is 0.955 bits per heavy atom. The molecule has 0 aromatic heterocycles. The number of para-hydroxylation sites is 1. The van der Waals surface area contributed by atoms with Gasteiger partial charge >= 0.3 is 0 Å². The topological polar surface area (TPSA) is 75.3 Å². The van der Waals surface area contributed by atoms with E-state index in [0.717, 1.165) is 0 Å². The molecule has 0 heterocycles. The normalized spacial score (nSPS) is 10.8. The van der Waals surface area contributed by atoms with Crippen molar-refractivity contribution < 1.29 is 13.2 Å². The van der Waals surface area contributed by atoms with Crippen molar-refractivity contribution in [1.29, 1.82) is 0 Å². The first-order valence-electron chi connectivity index (χ1n) is 6.53. The second-order valence-corrected chi connectivity index (χ2v) is 6.41. The van der Waals surface area contributed by atoms with Gasteiger partial charge < -0.3 is 5.32 Å². The van der Waals surface area contributed by atoms with Gasteiger partial charge in [-0.2, -0.15) is 0 Å². The van der Waals surface area contributed by atoms with E-state index in [1.807, 2.05) is 0 Å². The van der Waals surface area contributed by atoms with Crippen LogP contribution in [-0.4, -0.2) is 14.3 Å². The van der Waals surface area contributed by atoms with Crippen molar-refractivity contribution in [1.82, 2.24) is 0 Å². The third-order valence-corrected chi connectivity index (χ3v) is 4.23. The summed E-state index contributed by atoms with van der Waals surface area (Å²) in [6.45, 7) is 5.13. The number of anilines is 2. The van der Waals surface area contributed by atoms with Crippen LogP contribution in [0.3, 0.4) is 0 Å². The molecule has 0 saturated heterocycles. The number of rotatable bonds is 5. The quantitative estimate of drug-likeness (QED) is 0.833. The molecule has 0 atom stereocenters. The van der Waals surface area contributed by atoms with Gasteiger partial charge in [-0.1, -0.05) is 24.8 Å². The molecule has 0 bridgehead atoms. The van der Waals surface area contributed by atoms with Crippen molar-refractivity contribution in [3.63, 3.8) is 0 Å². The maximum absolute atomic E-state index is 12.2. The van der Waals surface area contributed by atoms with Crippen LogP contribution in [0.1, 0.15) is 6.92 Å². The van der Waals surface area contributed by atoms with Crippen LogP contribution >= 0.6 is 0 Å². The van der Waals surface area contributed by atoms with Crippen molar-refractivity contribution >= 4 is 27.3 Å². The molecule has 2 N–H and O–H groups in total. The van der Waals surface area contributed by atoms with Gasteiger partial charge in [-0.05, 0) is 43.3 Å². The first-order valence-corrected chi connectivity index (χ1v) is 8.01. The fourth-order valence-corrected chi connectivity index (χ4v) is 2.73. The molecule has 0 unspecified atom stereocenters. The standard InChI is InChI=1S/C16H16N2O3S/c1-12(2)16(19)17-13-8-10-15(11-9-13)22(20,21)18-14-6-4-3-5-7-14/h3-11,18H,1H2,2H3,(H,17,19). The van der Waals surface area contributed by atoms with Crippen LogP contribution in [0, 0.1) is 0 Å². The third kappa shape index (κ3) is 3.95.